The van der Waals surface area contributed by atoms with E-state index < -0.39 is 0 Å². The zero-order valence-electron chi connectivity index (χ0n) is 8.65. The minimum Gasteiger partial charge on any atom is -0.326 e. The molecule has 0 aliphatic heterocycles. The van der Waals surface area contributed by atoms with Gasteiger partial charge >= 0.3 is 0 Å². The van der Waals surface area contributed by atoms with E-state index in [0.717, 1.165) is 11.0 Å². The predicted molar refractivity (Wildman–Crippen MR) is 62.9 cm³/mol. The zero-order valence-corrected chi connectivity index (χ0v) is 10.2. The van der Waals surface area contributed by atoms with E-state index in [1.54, 1.807) is 0 Å². The molecule has 2 nitrogen and oxygen atoms in total. The lowest BCUT2D eigenvalue weighted by atomic mass is 10.0. The predicted octanol–water partition coefficient (Wildman–Crippen LogP) is 3.16. The highest BCUT2D eigenvalue weighted by Crippen LogP contribution is 2.22. The normalized spacial score (nSPS) is 10.0. The van der Waals surface area contributed by atoms with Crippen LogP contribution in [0.25, 0.3) is 0 Å². The number of nitrogens with one attached hydrogen (secondary N) is 1. The average Bonchev–Trinajstić information content (AvgIpc) is 2.01. The molecule has 1 aromatic carbocycles. The first-order chi connectivity index (χ1) is 6.54. The van der Waals surface area contributed by atoms with E-state index in [1.165, 1.54) is 23.6 Å². The number of rotatable bonds is 2. The Balaban J connectivity index is 3.07. The molecule has 76 valence electrons. The SMILES string of the molecule is CC(=O)Nc1cc(C)c(CBr)c(C)c1. The van der Waals surface area contributed by atoms with Gasteiger partial charge in [-0.05, 0) is 42.7 Å². The smallest absolute Gasteiger partial charge is 0.221 e. The van der Waals surface area contributed by atoms with Crippen LogP contribution in [0.2, 0.25) is 0 Å². The summed E-state index contributed by atoms with van der Waals surface area (Å²) >= 11 is 3.45. The van der Waals surface area contributed by atoms with Crippen molar-refractivity contribution in [3.05, 3.63) is 28.8 Å². The third-order valence-corrected chi connectivity index (χ3v) is 2.71. The molecule has 0 bridgehead atoms. The molecule has 1 rings (SSSR count). The standard InChI is InChI=1S/C11H14BrNO/c1-7-4-10(13-9(3)14)5-8(2)11(7)6-12/h4-5H,6H2,1-3H3,(H,13,14). The summed E-state index contributed by atoms with van der Waals surface area (Å²) in [6.45, 7) is 5.62. The van der Waals surface area contributed by atoms with Gasteiger partial charge in [-0.3, -0.25) is 4.79 Å². The minimum atomic E-state index is -0.0320. The summed E-state index contributed by atoms with van der Waals surface area (Å²) in [7, 11) is 0. The van der Waals surface area contributed by atoms with Gasteiger partial charge in [-0.1, -0.05) is 15.9 Å². The number of alkyl halides is 1. The molecule has 3 heteroatoms. The summed E-state index contributed by atoms with van der Waals surface area (Å²) in [5, 5.41) is 3.64. The summed E-state index contributed by atoms with van der Waals surface area (Å²) < 4.78 is 0. The Kier molecular flexibility index (Phi) is 3.69. The maximum absolute atomic E-state index is 10.9. The molecule has 0 heterocycles. The molecule has 0 aromatic heterocycles. The van der Waals surface area contributed by atoms with Crippen molar-refractivity contribution >= 4 is 27.5 Å². The largest absolute Gasteiger partial charge is 0.326 e. The van der Waals surface area contributed by atoms with Crippen LogP contribution in [0.3, 0.4) is 0 Å². The van der Waals surface area contributed by atoms with Gasteiger partial charge in [0.25, 0.3) is 0 Å². The number of halogens is 1. The van der Waals surface area contributed by atoms with Gasteiger partial charge in [-0.2, -0.15) is 0 Å². The third kappa shape index (κ3) is 2.58. The molecule has 14 heavy (non-hydrogen) atoms. The van der Waals surface area contributed by atoms with Crippen molar-refractivity contribution in [2.75, 3.05) is 5.32 Å². The molecule has 0 atom stereocenters. The maximum Gasteiger partial charge on any atom is 0.221 e. The summed E-state index contributed by atoms with van der Waals surface area (Å²) in [4.78, 5) is 10.9. The molecule has 0 saturated heterocycles. The van der Waals surface area contributed by atoms with Gasteiger partial charge in [0.05, 0.1) is 0 Å². The van der Waals surface area contributed by atoms with E-state index in [1.807, 2.05) is 12.1 Å². The lowest BCUT2D eigenvalue weighted by Crippen LogP contribution is -2.06. The molecule has 0 spiro atoms. The van der Waals surface area contributed by atoms with E-state index in [9.17, 15) is 4.79 Å². The number of carbonyl (C=O) groups excluding carboxylic acids is 1. The van der Waals surface area contributed by atoms with Gasteiger partial charge in [-0.25, -0.2) is 0 Å². The molecule has 1 N–H and O–H groups in total. The van der Waals surface area contributed by atoms with Crippen molar-refractivity contribution in [3.63, 3.8) is 0 Å². The van der Waals surface area contributed by atoms with Gasteiger partial charge in [-0.15, -0.1) is 0 Å². The number of amides is 1. The van der Waals surface area contributed by atoms with Crippen LogP contribution in [0, 0.1) is 13.8 Å². The lowest BCUT2D eigenvalue weighted by Gasteiger charge is -2.10. The van der Waals surface area contributed by atoms with Gasteiger partial charge in [0.2, 0.25) is 5.91 Å². The van der Waals surface area contributed by atoms with Crippen LogP contribution in [0.4, 0.5) is 5.69 Å². The van der Waals surface area contributed by atoms with Crippen LogP contribution >= 0.6 is 15.9 Å². The lowest BCUT2D eigenvalue weighted by molar-refractivity contribution is -0.114. The average molecular weight is 256 g/mol. The Morgan fingerprint density at radius 3 is 2.21 bits per heavy atom. The Morgan fingerprint density at radius 2 is 1.86 bits per heavy atom. The van der Waals surface area contributed by atoms with E-state index in [0.29, 0.717) is 0 Å². The molecule has 0 aliphatic carbocycles. The topological polar surface area (TPSA) is 29.1 Å². The number of hydrogen-bond donors (Lipinski definition) is 1. The highest BCUT2D eigenvalue weighted by Gasteiger charge is 2.04. The Bertz CT molecular complexity index is 337. The second-order valence-corrected chi connectivity index (χ2v) is 3.96. The number of hydrogen-bond acceptors (Lipinski definition) is 1. The molecule has 1 aromatic rings. The summed E-state index contributed by atoms with van der Waals surface area (Å²) in [6, 6.07) is 3.98. The quantitative estimate of drug-likeness (QED) is 0.809. The van der Waals surface area contributed by atoms with E-state index in [-0.39, 0.29) is 5.91 Å². The second kappa shape index (κ2) is 4.60. The molecule has 0 aliphatic rings. The molecular formula is C11H14BrNO. The first-order valence-electron chi connectivity index (χ1n) is 4.48. The van der Waals surface area contributed by atoms with E-state index in [2.05, 4.69) is 35.1 Å². The van der Waals surface area contributed by atoms with Crippen molar-refractivity contribution < 1.29 is 4.79 Å². The van der Waals surface area contributed by atoms with Crippen LogP contribution in [-0.2, 0) is 10.1 Å². The minimum absolute atomic E-state index is 0.0320. The van der Waals surface area contributed by atoms with Crippen LogP contribution in [-0.4, -0.2) is 5.91 Å². The van der Waals surface area contributed by atoms with Gasteiger partial charge in [0, 0.05) is 17.9 Å². The van der Waals surface area contributed by atoms with Crippen molar-refractivity contribution in [1.29, 1.82) is 0 Å². The van der Waals surface area contributed by atoms with Crippen molar-refractivity contribution in [1.82, 2.24) is 0 Å². The van der Waals surface area contributed by atoms with Crippen LogP contribution < -0.4 is 5.32 Å². The second-order valence-electron chi connectivity index (χ2n) is 3.40. The molecule has 0 radical (unpaired) electrons. The van der Waals surface area contributed by atoms with Gasteiger partial charge in [0.1, 0.15) is 0 Å². The van der Waals surface area contributed by atoms with Gasteiger partial charge in [0.15, 0.2) is 0 Å². The summed E-state index contributed by atoms with van der Waals surface area (Å²) in [6.07, 6.45) is 0. The van der Waals surface area contributed by atoms with Gasteiger partial charge < -0.3 is 5.32 Å². The van der Waals surface area contributed by atoms with Crippen LogP contribution in [0.1, 0.15) is 23.6 Å². The fourth-order valence-electron chi connectivity index (χ4n) is 1.48. The molecule has 0 fully saturated rings. The van der Waals surface area contributed by atoms with Crippen LogP contribution in [0.15, 0.2) is 12.1 Å². The highest BCUT2D eigenvalue weighted by atomic mass is 79.9. The fourth-order valence-corrected chi connectivity index (χ4v) is 2.36. The Labute approximate surface area is 92.8 Å². The number of aryl methyl sites for hydroxylation is 2. The monoisotopic (exact) mass is 255 g/mol. The Morgan fingerprint density at radius 1 is 1.36 bits per heavy atom. The maximum atomic E-state index is 10.9. The summed E-state index contributed by atoms with van der Waals surface area (Å²) in [5.74, 6) is -0.0320. The van der Waals surface area contributed by atoms with Crippen molar-refractivity contribution in [2.45, 2.75) is 26.1 Å². The van der Waals surface area contributed by atoms with Crippen molar-refractivity contribution in [3.8, 4) is 0 Å². The zero-order chi connectivity index (χ0) is 10.7. The molecule has 0 saturated carbocycles. The first kappa shape index (κ1) is 11.2. The Hall–Kier alpha value is -0.830. The number of carbonyl (C=O) groups is 1. The molecular weight excluding hydrogens is 242 g/mol. The highest BCUT2D eigenvalue weighted by molar-refractivity contribution is 9.08. The van der Waals surface area contributed by atoms with E-state index >= 15 is 0 Å². The number of anilines is 1. The third-order valence-electron chi connectivity index (χ3n) is 2.15. The molecule has 1 amide bonds. The fraction of sp³-hybridized carbons (Fsp3) is 0.364. The van der Waals surface area contributed by atoms with Crippen LogP contribution in [0.5, 0.6) is 0 Å². The molecule has 0 unspecified atom stereocenters. The number of benzene rings is 1. The first-order valence-corrected chi connectivity index (χ1v) is 5.60. The summed E-state index contributed by atoms with van der Waals surface area (Å²) in [5.41, 5.74) is 4.56. The van der Waals surface area contributed by atoms with E-state index in [4.69, 9.17) is 0 Å². The van der Waals surface area contributed by atoms with Crippen molar-refractivity contribution in [2.24, 2.45) is 0 Å².